The summed E-state index contributed by atoms with van der Waals surface area (Å²) in [6, 6.07) is 0. The third-order valence-electron chi connectivity index (χ3n) is 0.403. The Morgan fingerprint density at radius 1 is 1.88 bits per heavy atom. The van der Waals surface area contributed by atoms with E-state index in [1.54, 1.807) is 0 Å². The molecule has 1 atom stereocenters. The largest absolute Gasteiger partial charge is 0.429 e. The molecule has 0 N–H and O–H groups in total. The molecule has 0 aliphatic rings. The standard InChI is InChI=1S/C4H6F2O2/c1-3(6)8-4(7)2-5/h3H,2H2,1H3. The van der Waals surface area contributed by atoms with E-state index >= 15 is 0 Å². The lowest BCUT2D eigenvalue weighted by Gasteiger charge is -1.99. The van der Waals surface area contributed by atoms with Crippen molar-refractivity contribution in [3.63, 3.8) is 0 Å². The summed E-state index contributed by atoms with van der Waals surface area (Å²) in [4.78, 5) is 9.78. The number of halogens is 2. The minimum atomic E-state index is -1.71. The van der Waals surface area contributed by atoms with Crippen LogP contribution in [-0.4, -0.2) is 19.0 Å². The summed E-state index contributed by atoms with van der Waals surface area (Å²) in [5, 5.41) is 0. The summed E-state index contributed by atoms with van der Waals surface area (Å²) in [6.45, 7) is -0.262. The SMILES string of the molecule is CC(F)OC(=O)CF. The van der Waals surface area contributed by atoms with E-state index in [2.05, 4.69) is 4.74 Å². The monoisotopic (exact) mass is 124 g/mol. The molecule has 1 unspecified atom stereocenters. The first kappa shape index (κ1) is 7.33. The highest BCUT2D eigenvalue weighted by Crippen LogP contribution is 1.90. The van der Waals surface area contributed by atoms with Crippen LogP contribution < -0.4 is 0 Å². The van der Waals surface area contributed by atoms with Gasteiger partial charge in [0.15, 0.2) is 6.67 Å². The molecule has 0 aliphatic heterocycles. The van der Waals surface area contributed by atoms with Crippen LogP contribution in [-0.2, 0) is 9.53 Å². The van der Waals surface area contributed by atoms with Gasteiger partial charge in [0.25, 0.3) is 0 Å². The van der Waals surface area contributed by atoms with Gasteiger partial charge in [0, 0.05) is 6.92 Å². The molecule has 8 heavy (non-hydrogen) atoms. The van der Waals surface area contributed by atoms with Gasteiger partial charge in [-0.25, -0.2) is 13.6 Å². The molecular weight excluding hydrogens is 118 g/mol. The fraction of sp³-hybridized carbons (Fsp3) is 0.750. The molecule has 0 aromatic heterocycles. The van der Waals surface area contributed by atoms with Gasteiger partial charge in [-0.05, 0) is 0 Å². The van der Waals surface area contributed by atoms with Crippen LogP contribution in [0.3, 0.4) is 0 Å². The van der Waals surface area contributed by atoms with E-state index in [4.69, 9.17) is 0 Å². The second-order valence-corrected chi connectivity index (χ2v) is 1.17. The second-order valence-electron chi connectivity index (χ2n) is 1.17. The molecule has 0 spiro atoms. The number of hydrogen-bond donors (Lipinski definition) is 0. The maximum Gasteiger partial charge on any atom is 0.340 e. The van der Waals surface area contributed by atoms with Crippen molar-refractivity contribution in [2.24, 2.45) is 0 Å². The molecule has 0 aliphatic carbocycles. The van der Waals surface area contributed by atoms with Crippen LogP contribution >= 0.6 is 0 Å². The Bertz CT molecular complexity index is 82.1. The molecule has 48 valence electrons. The summed E-state index contributed by atoms with van der Waals surface area (Å²) in [5.41, 5.74) is 0. The molecule has 0 amide bonds. The van der Waals surface area contributed by atoms with Crippen molar-refractivity contribution < 1.29 is 18.3 Å². The van der Waals surface area contributed by atoms with E-state index in [1.165, 1.54) is 0 Å². The lowest BCUT2D eigenvalue weighted by Crippen LogP contribution is -2.11. The van der Waals surface area contributed by atoms with E-state index in [0.717, 1.165) is 6.92 Å². The number of hydrogen-bond acceptors (Lipinski definition) is 2. The molecule has 0 rings (SSSR count). The van der Waals surface area contributed by atoms with Crippen LogP contribution in [0.1, 0.15) is 6.92 Å². The van der Waals surface area contributed by atoms with Crippen LogP contribution in [0.15, 0.2) is 0 Å². The van der Waals surface area contributed by atoms with Crippen molar-refractivity contribution >= 4 is 5.97 Å². The number of alkyl halides is 2. The van der Waals surface area contributed by atoms with Gasteiger partial charge >= 0.3 is 5.97 Å². The third-order valence-corrected chi connectivity index (χ3v) is 0.403. The molecule has 4 heteroatoms. The third kappa shape index (κ3) is 3.52. The smallest absolute Gasteiger partial charge is 0.340 e. The van der Waals surface area contributed by atoms with Crippen molar-refractivity contribution in [3.8, 4) is 0 Å². The average Bonchev–Trinajstić information content (AvgIpc) is 1.65. The lowest BCUT2D eigenvalue weighted by atomic mass is 10.7. The van der Waals surface area contributed by atoms with Crippen molar-refractivity contribution in [1.82, 2.24) is 0 Å². The molecule has 0 heterocycles. The van der Waals surface area contributed by atoms with Crippen LogP contribution in [0.25, 0.3) is 0 Å². The zero-order chi connectivity index (χ0) is 6.57. The first-order valence-corrected chi connectivity index (χ1v) is 2.06. The van der Waals surface area contributed by atoms with Gasteiger partial charge in [-0.2, -0.15) is 0 Å². The van der Waals surface area contributed by atoms with Gasteiger partial charge in [-0.3, -0.25) is 0 Å². The van der Waals surface area contributed by atoms with E-state index in [-0.39, 0.29) is 0 Å². The van der Waals surface area contributed by atoms with E-state index in [1.807, 2.05) is 0 Å². The minimum Gasteiger partial charge on any atom is -0.429 e. The average molecular weight is 124 g/mol. The van der Waals surface area contributed by atoms with Gasteiger partial charge in [0.1, 0.15) is 0 Å². The molecule has 0 radical (unpaired) electrons. The molecule has 0 saturated heterocycles. The maximum atomic E-state index is 11.5. The number of carbonyl (C=O) groups is 1. The van der Waals surface area contributed by atoms with E-state index < -0.39 is 19.0 Å². The maximum absolute atomic E-state index is 11.5. The molecule has 0 fully saturated rings. The first-order chi connectivity index (χ1) is 3.66. The summed E-state index contributed by atoms with van der Waals surface area (Å²) < 4.78 is 26.4. The van der Waals surface area contributed by atoms with Gasteiger partial charge < -0.3 is 4.74 Å². The van der Waals surface area contributed by atoms with Crippen molar-refractivity contribution in [2.75, 3.05) is 6.67 Å². The number of ether oxygens (including phenoxy) is 1. The quantitative estimate of drug-likeness (QED) is 0.509. The first-order valence-electron chi connectivity index (χ1n) is 2.06. The summed E-state index contributed by atoms with van der Waals surface area (Å²) >= 11 is 0. The predicted octanol–water partition coefficient (Wildman–Crippen LogP) is 0.815. The fourth-order valence-corrected chi connectivity index (χ4v) is 0.213. The van der Waals surface area contributed by atoms with Crippen molar-refractivity contribution in [2.45, 2.75) is 13.3 Å². The molecule has 0 saturated carbocycles. The lowest BCUT2D eigenvalue weighted by molar-refractivity contribution is -0.156. The van der Waals surface area contributed by atoms with Crippen LogP contribution in [0.4, 0.5) is 8.78 Å². The Balaban J connectivity index is 3.25. The van der Waals surface area contributed by atoms with E-state index in [9.17, 15) is 13.6 Å². The Morgan fingerprint density at radius 2 is 2.38 bits per heavy atom. The van der Waals surface area contributed by atoms with Gasteiger partial charge in [-0.1, -0.05) is 0 Å². The highest BCUT2D eigenvalue weighted by Gasteiger charge is 2.04. The summed E-state index contributed by atoms with van der Waals surface area (Å²) in [6.07, 6.45) is -1.71. The van der Waals surface area contributed by atoms with Crippen molar-refractivity contribution in [1.29, 1.82) is 0 Å². The van der Waals surface area contributed by atoms with Crippen LogP contribution in [0.2, 0.25) is 0 Å². The summed E-state index contributed by atoms with van der Waals surface area (Å²) in [7, 11) is 0. The van der Waals surface area contributed by atoms with Gasteiger partial charge in [-0.15, -0.1) is 0 Å². The number of rotatable bonds is 2. The molecular formula is C4H6F2O2. The molecule has 0 bridgehead atoms. The highest BCUT2D eigenvalue weighted by atomic mass is 19.1. The van der Waals surface area contributed by atoms with E-state index in [0.29, 0.717) is 0 Å². The second kappa shape index (κ2) is 3.35. The van der Waals surface area contributed by atoms with Crippen molar-refractivity contribution in [3.05, 3.63) is 0 Å². The zero-order valence-electron chi connectivity index (χ0n) is 4.36. The predicted molar refractivity (Wildman–Crippen MR) is 22.6 cm³/mol. The number of esters is 1. The summed E-state index contributed by atoms with van der Waals surface area (Å²) in [5.74, 6) is -1.17. The van der Waals surface area contributed by atoms with Crippen LogP contribution in [0.5, 0.6) is 0 Å². The Morgan fingerprint density at radius 3 is 2.50 bits per heavy atom. The Labute approximate surface area is 45.4 Å². The minimum absolute atomic E-state index is 1.01. The van der Waals surface area contributed by atoms with Gasteiger partial charge in [0.05, 0.1) is 0 Å². The highest BCUT2D eigenvalue weighted by molar-refractivity contribution is 5.70. The van der Waals surface area contributed by atoms with Crippen LogP contribution in [0, 0.1) is 0 Å². The number of carbonyl (C=O) groups excluding carboxylic acids is 1. The Kier molecular flexibility index (Phi) is 3.07. The fourth-order valence-electron chi connectivity index (χ4n) is 0.213. The Hall–Kier alpha value is -0.670. The molecule has 0 aromatic carbocycles. The zero-order valence-corrected chi connectivity index (χ0v) is 4.36. The molecule has 2 nitrogen and oxygen atoms in total. The molecule has 0 aromatic rings. The van der Waals surface area contributed by atoms with Gasteiger partial charge in [0.2, 0.25) is 6.36 Å². The normalized spacial score (nSPS) is 12.9. The topological polar surface area (TPSA) is 26.3 Å².